The molecule has 252 valence electrons. The highest BCUT2D eigenvalue weighted by Crippen LogP contribution is 2.38. The van der Waals surface area contributed by atoms with Crippen LogP contribution in [0.15, 0.2) is 206 Å². The van der Waals surface area contributed by atoms with Crippen LogP contribution >= 0.6 is 0 Å². The molecule has 0 bridgehead atoms. The van der Waals surface area contributed by atoms with Crippen molar-refractivity contribution in [1.29, 1.82) is 0 Å². The average molecular weight is 678 g/mol. The predicted octanol–water partition coefficient (Wildman–Crippen LogP) is 14.8. The normalized spacial score (nSPS) is 12.2. The van der Waals surface area contributed by atoms with Crippen LogP contribution in [0.5, 0.6) is 0 Å². The molecule has 9 aromatic carbocycles. The van der Waals surface area contributed by atoms with Crippen LogP contribution in [0.25, 0.3) is 70.9 Å². The Morgan fingerprint density at radius 3 is 1.45 bits per heavy atom. The molecule has 0 amide bonds. The van der Waals surface area contributed by atoms with E-state index in [0.29, 0.717) is 0 Å². The molecule has 0 unspecified atom stereocenters. The fourth-order valence-electron chi connectivity index (χ4n) is 7.86. The maximum absolute atomic E-state index is 2.36. The largest absolute Gasteiger partial charge is 0.315 e. The smallest absolute Gasteiger partial charge is 0.0458 e. The molecule has 0 saturated heterocycles. The van der Waals surface area contributed by atoms with Crippen molar-refractivity contribution in [3.8, 4) is 22.3 Å². The number of fused-ring (bicyclic) bond motifs is 6. The molecule has 0 aliphatic heterocycles. The summed E-state index contributed by atoms with van der Waals surface area (Å²) in [5.41, 5.74) is 10.7. The second kappa shape index (κ2) is 13.8. The zero-order valence-electron chi connectivity index (χ0n) is 30.0. The van der Waals surface area contributed by atoms with Crippen LogP contribution in [0.2, 0.25) is 0 Å². The number of nitrogens with zero attached hydrogens (tertiary/aromatic N) is 1. The highest BCUT2D eigenvalue weighted by atomic mass is 15.1. The first kappa shape index (κ1) is 32.2. The molecule has 0 N–H and O–H groups in total. The lowest BCUT2D eigenvalue weighted by atomic mass is 9.93. The lowest BCUT2D eigenvalue weighted by molar-refractivity contribution is 1.16. The molecule has 0 spiro atoms. The van der Waals surface area contributed by atoms with Crippen molar-refractivity contribution in [2.45, 2.75) is 13.8 Å². The van der Waals surface area contributed by atoms with E-state index < -0.39 is 0 Å². The molecule has 0 aromatic heterocycles. The topological polar surface area (TPSA) is 3.24 Å². The van der Waals surface area contributed by atoms with Gasteiger partial charge >= 0.3 is 0 Å². The van der Waals surface area contributed by atoms with Crippen LogP contribution < -0.4 is 4.90 Å². The van der Waals surface area contributed by atoms with Gasteiger partial charge in [-0.05, 0) is 133 Å². The Morgan fingerprint density at radius 2 is 0.830 bits per heavy atom. The molecule has 0 aliphatic carbocycles. The van der Waals surface area contributed by atoms with Gasteiger partial charge in [0.05, 0.1) is 0 Å². The number of hydrogen-bond donors (Lipinski definition) is 0. The van der Waals surface area contributed by atoms with Crippen molar-refractivity contribution in [2.75, 3.05) is 4.90 Å². The number of benzene rings is 9. The van der Waals surface area contributed by atoms with Crippen molar-refractivity contribution >= 4 is 60.0 Å². The Hall–Kier alpha value is -6.70. The van der Waals surface area contributed by atoms with Gasteiger partial charge in [0.25, 0.3) is 0 Å². The molecule has 0 atom stereocenters. The highest BCUT2D eigenvalue weighted by molar-refractivity contribution is 6.14. The zero-order chi connectivity index (χ0) is 35.7. The van der Waals surface area contributed by atoms with Gasteiger partial charge < -0.3 is 4.90 Å². The molecule has 0 heterocycles. The summed E-state index contributed by atoms with van der Waals surface area (Å²) in [4.78, 5) is 2.36. The van der Waals surface area contributed by atoms with Crippen LogP contribution in [0.4, 0.5) is 11.4 Å². The maximum Gasteiger partial charge on any atom is 0.0458 e. The SMILES string of the molecule is C/C(=C\C=C(/C)N(c1ccc(-c2ccccc2)cc1)c1ccc(-c2cc3ccccc3c3ccccc23)cc1)c1cc2ccccc2c2ccccc12. The summed E-state index contributed by atoms with van der Waals surface area (Å²) in [6.07, 6.45) is 4.53. The van der Waals surface area contributed by atoms with Gasteiger partial charge in [-0.3, -0.25) is 0 Å². The van der Waals surface area contributed by atoms with Crippen LogP contribution in [0, 0.1) is 0 Å². The third kappa shape index (κ3) is 6.07. The monoisotopic (exact) mass is 677 g/mol. The third-order valence-electron chi connectivity index (χ3n) is 10.6. The van der Waals surface area contributed by atoms with E-state index in [-0.39, 0.29) is 0 Å². The zero-order valence-corrected chi connectivity index (χ0v) is 30.0. The van der Waals surface area contributed by atoms with Gasteiger partial charge in [0.15, 0.2) is 0 Å². The van der Waals surface area contributed by atoms with Crippen LogP contribution in [0.3, 0.4) is 0 Å². The summed E-state index contributed by atoms with van der Waals surface area (Å²) in [7, 11) is 0. The van der Waals surface area contributed by atoms with Gasteiger partial charge in [-0.2, -0.15) is 0 Å². The number of allylic oxidation sites excluding steroid dienone is 4. The first-order chi connectivity index (χ1) is 26.1. The molecule has 53 heavy (non-hydrogen) atoms. The quantitative estimate of drug-likeness (QED) is 0.120. The Kier molecular flexibility index (Phi) is 8.38. The number of rotatable bonds is 7. The second-order valence-electron chi connectivity index (χ2n) is 13.8. The van der Waals surface area contributed by atoms with E-state index in [1.807, 2.05) is 0 Å². The van der Waals surface area contributed by atoms with Gasteiger partial charge in [0, 0.05) is 17.1 Å². The Bertz CT molecular complexity index is 2820. The number of anilines is 2. The van der Waals surface area contributed by atoms with Crippen molar-refractivity contribution < 1.29 is 0 Å². The van der Waals surface area contributed by atoms with Crippen molar-refractivity contribution in [3.63, 3.8) is 0 Å². The van der Waals surface area contributed by atoms with Crippen molar-refractivity contribution in [1.82, 2.24) is 0 Å². The molecular formula is C52H39N. The lowest BCUT2D eigenvalue weighted by Gasteiger charge is -2.26. The Labute approximate surface area is 311 Å². The summed E-state index contributed by atoms with van der Waals surface area (Å²) in [6, 6.07) is 68.1. The summed E-state index contributed by atoms with van der Waals surface area (Å²) >= 11 is 0. The van der Waals surface area contributed by atoms with Gasteiger partial charge in [0.1, 0.15) is 0 Å². The first-order valence-corrected chi connectivity index (χ1v) is 18.3. The van der Waals surface area contributed by atoms with E-state index in [0.717, 1.165) is 17.1 Å². The molecule has 9 rings (SSSR count). The minimum Gasteiger partial charge on any atom is -0.315 e. The van der Waals surface area contributed by atoms with E-state index in [2.05, 4.69) is 219 Å². The molecular weight excluding hydrogens is 639 g/mol. The van der Waals surface area contributed by atoms with Crippen molar-refractivity contribution in [2.24, 2.45) is 0 Å². The molecule has 0 saturated carbocycles. The van der Waals surface area contributed by atoms with Gasteiger partial charge in [-0.1, -0.05) is 158 Å². The maximum atomic E-state index is 2.36. The second-order valence-corrected chi connectivity index (χ2v) is 13.8. The fourth-order valence-corrected chi connectivity index (χ4v) is 7.86. The standard InChI is InChI=1S/C52H39N/c1-36(51-34-41-16-6-8-18-45(41)47-20-10-12-22-49(47)51)24-25-37(2)53(43-30-26-39(27-31-43)38-14-4-3-5-15-38)44-32-28-40(29-33-44)52-35-42-17-7-9-19-46(42)48-21-11-13-23-50(48)52/h3-35H,1-2H3/b36-24+,37-25+. The van der Waals surface area contributed by atoms with Gasteiger partial charge in [0.2, 0.25) is 0 Å². The number of hydrogen-bond acceptors (Lipinski definition) is 1. The van der Waals surface area contributed by atoms with Crippen LogP contribution in [-0.2, 0) is 0 Å². The first-order valence-electron chi connectivity index (χ1n) is 18.3. The van der Waals surface area contributed by atoms with Gasteiger partial charge in [-0.15, -0.1) is 0 Å². The molecule has 0 radical (unpaired) electrons. The Balaban J connectivity index is 1.13. The van der Waals surface area contributed by atoms with Gasteiger partial charge in [-0.25, -0.2) is 0 Å². The van der Waals surface area contributed by atoms with Crippen LogP contribution in [-0.4, -0.2) is 0 Å². The lowest BCUT2D eigenvalue weighted by Crippen LogP contribution is -2.14. The molecule has 9 aromatic rings. The summed E-state index contributed by atoms with van der Waals surface area (Å²) in [5, 5.41) is 10.2. The predicted molar refractivity (Wildman–Crippen MR) is 230 cm³/mol. The summed E-state index contributed by atoms with van der Waals surface area (Å²) in [6.45, 7) is 4.43. The Morgan fingerprint density at radius 1 is 0.377 bits per heavy atom. The van der Waals surface area contributed by atoms with E-state index >= 15 is 0 Å². The minimum atomic E-state index is 1.11. The molecule has 0 aliphatic rings. The van der Waals surface area contributed by atoms with E-state index in [9.17, 15) is 0 Å². The molecule has 1 heteroatoms. The van der Waals surface area contributed by atoms with E-state index in [4.69, 9.17) is 0 Å². The average Bonchev–Trinajstić information content (AvgIpc) is 3.23. The molecule has 1 nitrogen and oxygen atoms in total. The summed E-state index contributed by atoms with van der Waals surface area (Å²) < 4.78 is 0. The summed E-state index contributed by atoms with van der Waals surface area (Å²) in [5.74, 6) is 0. The minimum absolute atomic E-state index is 1.11. The third-order valence-corrected chi connectivity index (χ3v) is 10.6. The molecule has 0 fully saturated rings. The highest BCUT2D eigenvalue weighted by Gasteiger charge is 2.15. The van der Waals surface area contributed by atoms with Crippen molar-refractivity contribution in [3.05, 3.63) is 211 Å². The fraction of sp³-hybridized carbons (Fsp3) is 0.0385. The van der Waals surface area contributed by atoms with Crippen LogP contribution in [0.1, 0.15) is 19.4 Å². The van der Waals surface area contributed by atoms with E-state index in [1.54, 1.807) is 0 Å². The van der Waals surface area contributed by atoms with E-state index in [1.165, 1.54) is 76.5 Å².